The number of carbonyl (C=O) groups is 1. The molecule has 2 aliphatic rings. The molecule has 3 aromatic carbocycles. The van der Waals surface area contributed by atoms with E-state index in [9.17, 15) is 4.79 Å². The first-order valence-electron chi connectivity index (χ1n) is 19.3. The third-order valence-electron chi connectivity index (χ3n) is 10.8. The van der Waals surface area contributed by atoms with E-state index in [0.29, 0.717) is 6.42 Å². The summed E-state index contributed by atoms with van der Waals surface area (Å²) in [7, 11) is -1.46. The van der Waals surface area contributed by atoms with Crippen molar-refractivity contribution >= 4 is 46.1 Å². The van der Waals surface area contributed by atoms with E-state index in [4.69, 9.17) is 18.6 Å². The average molecular weight is 749 g/mol. The fraction of sp³-hybridized carbons (Fsp3) is 0.413. The molecule has 4 aromatic rings. The zero-order valence-electron chi connectivity index (χ0n) is 31.9. The molecule has 2 heterocycles. The van der Waals surface area contributed by atoms with Gasteiger partial charge in [-0.05, 0) is 83.8 Å². The molecule has 0 bridgehead atoms. The van der Waals surface area contributed by atoms with Crippen molar-refractivity contribution in [3.8, 4) is 0 Å². The van der Waals surface area contributed by atoms with Crippen molar-refractivity contribution in [2.75, 3.05) is 13.7 Å². The van der Waals surface area contributed by atoms with Crippen LogP contribution in [0.4, 0.5) is 0 Å². The summed E-state index contributed by atoms with van der Waals surface area (Å²) in [6.45, 7) is 12.4. The molecule has 2 fully saturated rings. The average Bonchev–Trinajstić information content (AvgIpc) is 3.73. The molecule has 1 aromatic heterocycles. The van der Waals surface area contributed by atoms with Crippen molar-refractivity contribution in [2.45, 2.75) is 95.7 Å². The van der Waals surface area contributed by atoms with Gasteiger partial charge in [-0.3, -0.25) is 4.79 Å². The number of unbranched alkanes of at least 4 members (excludes halogenated alkanes) is 1. The normalized spacial score (nSPS) is 21.8. The Labute approximate surface area is 321 Å². The first-order valence-corrected chi connectivity index (χ1v) is 22.0. The van der Waals surface area contributed by atoms with Gasteiger partial charge in [0.2, 0.25) is 0 Å². The van der Waals surface area contributed by atoms with E-state index >= 15 is 0 Å². The molecular formula is C46H56O5SSi. The molecule has 0 spiro atoms. The molecule has 1 aliphatic carbocycles. The van der Waals surface area contributed by atoms with Crippen molar-refractivity contribution in [1.82, 2.24) is 0 Å². The Balaban J connectivity index is 1.39. The lowest BCUT2D eigenvalue weighted by atomic mass is 9.89. The number of rotatable bonds is 15. The van der Waals surface area contributed by atoms with Gasteiger partial charge in [0.15, 0.2) is 6.29 Å². The molecule has 7 heteroatoms. The van der Waals surface area contributed by atoms with Gasteiger partial charge in [-0.25, -0.2) is 0 Å². The van der Waals surface area contributed by atoms with Gasteiger partial charge < -0.3 is 18.6 Å². The number of benzene rings is 3. The summed E-state index contributed by atoms with van der Waals surface area (Å²) in [5.74, 6) is 0.158. The van der Waals surface area contributed by atoms with Gasteiger partial charge in [0, 0.05) is 28.5 Å². The lowest BCUT2D eigenvalue weighted by Gasteiger charge is -2.44. The van der Waals surface area contributed by atoms with E-state index < -0.39 is 8.32 Å². The number of thiophene rings is 1. The summed E-state index contributed by atoms with van der Waals surface area (Å²) < 4.78 is 26.8. The third-order valence-corrected chi connectivity index (χ3v) is 17.0. The van der Waals surface area contributed by atoms with E-state index in [0.717, 1.165) is 51.6 Å². The molecule has 0 N–H and O–H groups in total. The van der Waals surface area contributed by atoms with Crippen LogP contribution in [0.3, 0.4) is 0 Å². The fourth-order valence-corrected chi connectivity index (χ4v) is 13.8. The van der Waals surface area contributed by atoms with E-state index in [-0.39, 0.29) is 41.3 Å². The summed E-state index contributed by atoms with van der Waals surface area (Å²) in [5.41, 5.74) is 1.21. The number of hydrogen-bond acceptors (Lipinski definition) is 6. The predicted octanol–water partition coefficient (Wildman–Crippen LogP) is 10.5. The SMILES string of the molecule is C=C1C[C@@H](OC2CCCCO2)[C@H](/C=C/[C@@H](O[Si](c2ccccc2)(c2ccccc2)C(C)(C)C)c2cc3ccccc3s2)[C@H]1C/C=C/CCCC(=O)OC. The minimum Gasteiger partial charge on any atom is -0.469 e. The first-order chi connectivity index (χ1) is 25.7. The van der Waals surface area contributed by atoms with Crippen LogP contribution in [0.25, 0.3) is 10.1 Å². The fourth-order valence-electron chi connectivity index (χ4n) is 8.08. The summed E-state index contributed by atoms with van der Waals surface area (Å²) in [5, 5.41) is 3.58. The van der Waals surface area contributed by atoms with Gasteiger partial charge in [-0.2, -0.15) is 0 Å². The Bertz CT molecular complexity index is 1760. The maximum absolute atomic E-state index is 11.6. The van der Waals surface area contributed by atoms with Crippen LogP contribution in [0.5, 0.6) is 0 Å². The molecule has 1 saturated carbocycles. The Hall–Kier alpha value is -3.59. The number of carbonyl (C=O) groups excluding carboxylic acids is 1. The van der Waals surface area contributed by atoms with Crippen LogP contribution in [0.15, 0.2) is 127 Å². The minimum absolute atomic E-state index is 0.0319. The van der Waals surface area contributed by atoms with Crippen LogP contribution in [-0.2, 0) is 23.4 Å². The molecule has 0 radical (unpaired) electrons. The zero-order chi connectivity index (χ0) is 37.3. The van der Waals surface area contributed by atoms with Crippen molar-refractivity contribution < 1.29 is 23.4 Å². The highest BCUT2D eigenvalue weighted by atomic mass is 32.1. The Morgan fingerprint density at radius 1 is 0.981 bits per heavy atom. The summed E-state index contributed by atoms with van der Waals surface area (Å²) in [4.78, 5) is 12.8. The smallest absolute Gasteiger partial charge is 0.305 e. The Kier molecular flexibility index (Phi) is 13.4. The van der Waals surface area contributed by atoms with Crippen LogP contribution in [0.2, 0.25) is 5.04 Å². The molecule has 5 nitrogen and oxygen atoms in total. The number of fused-ring (bicyclic) bond motifs is 1. The molecule has 1 aliphatic heterocycles. The molecule has 6 rings (SSSR count). The van der Waals surface area contributed by atoms with E-state index in [1.165, 1.54) is 38.0 Å². The van der Waals surface area contributed by atoms with Crippen LogP contribution >= 0.6 is 11.3 Å². The van der Waals surface area contributed by atoms with Gasteiger partial charge in [0.05, 0.1) is 19.3 Å². The van der Waals surface area contributed by atoms with Crippen molar-refractivity contribution in [3.05, 3.63) is 132 Å². The van der Waals surface area contributed by atoms with Crippen molar-refractivity contribution in [3.63, 3.8) is 0 Å². The first kappa shape index (κ1) is 39.1. The van der Waals surface area contributed by atoms with Gasteiger partial charge in [0.25, 0.3) is 8.32 Å². The van der Waals surface area contributed by atoms with Gasteiger partial charge >= 0.3 is 5.97 Å². The molecule has 1 unspecified atom stereocenters. The number of hydrogen-bond donors (Lipinski definition) is 0. The standard InChI is InChI=1S/C46H56O5SSi/c1-34-32-41(50-45-28-18-19-31-49-45)39(38(34)25-14-6-7-15-27-44(47)48-5)29-30-40(43-33-35-20-16-17-26-42(35)52-43)51-53(46(2,3)4,36-21-10-8-11-22-36)37-23-12-9-13-24-37/h6,8-14,16-17,20-24,26,29-30,33,38-41,45H,1,7,15,18-19,25,27-28,31-32H2,2-5H3/b14-6+,30-29+/t38-,39+,40+,41+,45?/m0/s1. The zero-order valence-corrected chi connectivity index (χ0v) is 33.7. The van der Waals surface area contributed by atoms with Gasteiger partial charge in [-0.1, -0.05) is 136 Å². The van der Waals surface area contributed by atoms with Gasteiger partial charge in [0.1, 0.15) is 0 Å². The van der Waals surface area contributed by atoms with Crippen LogP contribution in [-0.4, -0.2) is 40.4 Å². The Morgan fingerprint density at radius 3 is 2.32 bits per heavy atom. The predicted molar refractivity (Wildman–Crippen MR) is 221 cm³/mol. The monoisotopic (exact) mass is 748 g/mol. The maximum Gasteiger partial charge on any atom is 0.305 e. The highest BCUT2D eigenvalue weighted by molar-refractivity contribution is 7.19. The van der Waals surface area contributed by atoms with Crippen LogP contribution < -0.4 is 10.4 Å². The Morgan fingerprint density at radius 2 is 1.68 bits per heavy atom. The highest BCUT2D eigenvalue weighted by Crippen LogP contribution is 2.45. The number of ether oxygens (including phenoxy) is 3. The molecule has 0 amide bonds. The number of methoxy groups -OCH3 is 1. The highest BCUT2D eigenvalue weighted by Gasteiger charge is 2.51. The number of allylic oxidation sites excluding steroid dienone is 2. The summed E-state index contributed by atoms with van der Waals surface area (Å²) >= 11 is 1.82. The topological polar surface area (TPSA) is 54.0 Å². The van der Waals surface area contributed by atoms with E-state index in [1.54, 1.807) is 0 Å². The second kappa shape index (κ2) is 18.2. The van der Waals surface area contributed by atoms with Crippen LogP contribution in [0, 0.1) is 11.8 Å². The largest absolute Gasteiger partial charge is 0.469 e. The second-order valence-corrected chi connectivity index (χ2v) is 20.8. The third kappa shape index (κ3) is 9.38. The molecule has 53 heavy (non-hydrogen) atoms. The molecule has 280 valence electrons. The second-order valence-electron chi connectivity index (χ2n) is 15.5. The number of esters is 1. The van der Waals surface area contributed by atoms with Crippen molar-refractivity contribution in [1.29, 1.82) is 0 Å². The molecular weight excluding hydrogens is 693 g/mol. The van der Waals surface area contributed by atoms with Gasteiger partial charge in [-0.15, -0.1) is 11.3 Å². The quantitative estimate of drug-likeness (QED) is 0.0524. The van der Waals surface area contributed by atoms with Crippen LogP contribution in [0.1, 0.15) is 83.1 Å². The van der Waals surface area contributed by atoms with Crippen molar-refractivity contribution in [2.24, 2.45) is 11.8 Å². The van der Waals surface area contributed by atoms with E-state index in [2.05, 4.69) is 143 Å². The lowest BCUT2D eigenvalue weighted by molar-refractivity contribution is -0.192. The summed E-state index contributed by atoms with van der Waals surface area (Å²) in [6.07, 6.45) is 15.5. The molecule has 1 saturated heterocycles. The summed E-state index contributed by atoms with van der Waals surface area (Å²) in [6, 6.07) is 32.8. The minimum atomic E-state index is -2.91. The van der Waals surface area contributed by atoms with E-state index in [1.807, 2.05) is 11.3 Å². The lowest BCUT2D eigenvalue weighted by Crippen LogP contribution is -2.66. The maximum atomic E-state index is 11.6. The molecule has 5 atom stereocenters.